The second kappa shape index (κ2) is 25.0. The molecule has 0 N–H and O–H groups in total. The van der Waals surface area contributed by atoms with E-state index < -0.39 is 13.7 Å². The summed E-state index contributed by atoms with van der Waals surface area (Å²) in [4.78, 5) is 0. The highest BCUT2D eigenvalue weighted by Gasteiger charge is 2.49. The molecule has 0 aliphatic heterocycles. The molecule has 0 aliphatic carbocycles. The highest BCUT2D eigenvalue weighted by molar-refractivity contribution is 7.56. The first-order valence-corrected chi connectivity index (χ1v) is 23.3. The van der Waals surface area contributed by atoms with Crippen molar-refractivity contribution >= 4 is 29.2 Å². The molecule has 49 heavy (non-hydrogen) atoms. The van der Waals surface area contributed by atoms with Crippen molar-refractivity contribution in [2.75, 3.05) is 26.2 Å². The fourth-order valence-corrected chi connectivity index (χ4v) is 16.4. The van der Waals surface area contributed by atoms with Crippen molar-refractivity contribution < 1.29 is 4.48 Å². The van der Waals surface area contributed by atoms with Crippen LogP contribution in [0.5, 0.6) is 0 Å². The Morgan fingerprint density at radius 1 is 0.367 bits per heavy atom. The first kappa shape index (κ1) is 43.1. The third-order valence-corrected chi connectivity index (χ3v) is 18.3. The molecule has 0 aromatic heterocycles. The van der Waals surface area contributed by atoms with Gasteiger partial charge in [0.25, 0.3) is 0 Å². The van der Waals surface area contributed by atoms with Crippen molar-refractivity contribution in [3.63, 3.8) is 0 Å². The van der Waals surface area contributed by atoms with E-state index >= 15 is 0 Å². The number of rotatable bonds is 25. The molecule has 0 aliphatic rings. The number of benzene rings is 3. The molecule has 0 amide bonds. The lowest BCUT2D eigenvalue weighted by Crippen LogP contribution is -2.82. The minimum Gasteiger partial charge on any atom is -0.324 e. The number of hydrogen-bond acceptors (Lipinski definition) is 0. The van der Waals surface area contributed by atoms with E-state index in [1.54, 1.807) is 15.6 Å². The quantitative estimate of drug-likeness (QED) is 0.0474. The number of hydrogen-bond donors (Lipinski definition) is 0. The molecule has 0 heterocycles. The lowest BCUT2D eigenvalue weighted by atomic mass is 9.38. The van der Waals surface area contributed by atoms with Crippen LogP contribution in [0.4, 0.5) is 0 Å². The summed E-state index contributed by atoms with van der Waals surface area (Å²) in [5, 5.41) is 4.84. The zero-order valence-corrected chi connectivity index (χ0v) is 34.5. The van der Waals surface area contributed by atoms with Gasteiger partial charge in [-0.3, -0.25) is 0 Å². The van der Waals surface area contributed by atoms with E-state index in [9.17, 15) is 0 Å². The molecule has 0 bridgehead atoms. The maximum Gasteiger partial charge on any atom is 0.0786 e. The summed E-state index contributed by atoms with van der Waals surface area (Å²) in [6, 6.07) is 35.1. The molecule has 0 atom stereocenters. The Hall–Kier alpha value is -2.10. The Morgan fingerprint density at radius 3 is 0.837 bits per heavy atom. The molecule has 0 unspecified atom stereocenters. The number of quaternary nitrogens is 1. The molecular formula is C46H78BNSi. The predicted molar refractivity (Wildman–Crippen MR) is 228 cm³/mol. The normalized spacial score (nSPS) is 12.1. The Bertz CT molecular complexity index is 1030. The molecule has 1 nitrogen and oxygen atoms in total. The lowest BCUT2D eigenvalue weighted by Gasteiger charge is -2.57. The standard InChI is InChI=1S/C30H42BSi.C16H36N/c1-4-7-25-31(26-8-5-2,27-9-6-3)32(28-19-13-10-14-20-28,29-21-15-11-16-22-29)30-23-17-12-18-24-30;1-5-9-13-17(14-10-6-2,15-11-7-3)16-12-8-4/h10-24H,4-9,25-27H2,1-3H3;5-16H2,1-4H3/q-1;+1. The van der Waals surface area contributed by atoms with Crippen molar-refractivity contribution in [2.45, 2.75) is 157 Å². The first-order chi connectivity index (χ1) is 24.0. The first-order valence-electron chi connectivity index (χ1n) is 21.2. The predicted octanol–water partition coefficient (Wildman–Crippen LogP) is 12.1. The Kier molecular flexibility index (Phi) is 21.9. The maximum absolute atomic E-state index is 2.46. The molecule has 3 aromatic rings. The van der Waals surface area contributed by atoms with E-state index in [1.165, 1.54) is 140 Å². The maximum atomic E-state index is 2.46. The van der Waals surface area contributed by atoms with Gasteiger partial charge in [-0.15, -0.1) is 0 Å². The zero-order chi connectivity index (χ0) is 35.7. The minimum absolute atomic E-state index is 0.600. The fraction of sp³-hybridized carbons (Fsp3) is 0.609. The molecule has 274 valence electrons. The number of nitrogens with zero attached hydrogens (tertiary/aromatic N) is 1. The van der Waals surface area contributed by atoms with E-state index in [0.717, 1.165) is 0 Å². The lowest BCUT2D eigenvalue weighted by molar-refractivity contribution is -0.929. The third kappa shape index (κ3) is 12.6. The molecule has 0 saturated heterocycles. The van der Waals surface area contributed by atoms with Gasteiger partial charge in [0.2, 0.25) is 0 Å². The van der Waals surface area contributed by atoms with Crippen LogP contribution < -0.4 is 15.6 Å². The average molecular weight is 684 g/mol. The van der Waals surface area contributed by atoms with E-state index in [-0.39, 0.29) is 0 Å². The van der Waals surface area contributed by atoms with Gasteiger partial charge >= 0.3 is 0 Å². The fourth-order valence-electron chi connectivity index (χ4n) is 9.18. The van der Waals surface area contributed by atoms with Gasteiger partial charge in [-0.25, -0.2) is 0 Å². The van der Waals surface area contributed by atoms with Crippen LogP contribution in [0.3, 0.4) is 0 Å². The molecule has 0 fully saturated rings. The molecular weight excluding hydrogens is 605 g/mol. The molecule has 0 saturated carbocycles. The van der Waals surface area contributed by atoms with Crippen LogP contribution in [0.25, 0.3) is 0 Å². The van der Waals surface area contributed by atoms with E-state index in [4.69, 9.17) is 0 Å². The van der Waals surface area contributed by atoms with Crippen LogP contribution in [0.1, 0.15) is 138 Å². The third-order valence-electron chi connectivity index (χ3n) is 11.9. The van der Waals surface area contributed by atoms with Gasteiger partial charge in [0, 0.05) is 13.7 Å². The summed E-state index contributed by atoms with van der Waals surface area (Å²) in [6.45, 7) is 22.1. The average Bonchev–Trinajstić information content (AvgIpc) is 3.16. The van der Waals surface area contributed by atoms with Gasteiger partial charge < -0.3 is 4.48 Å². The van der Waals surface area contributed by atoms with Gasteiger partial charge in [-0.1, -0.05) is 219 Å². The SMILES string of the molecule is CCCC[B-](CCCC)(CCCC)[Si](c1ccccc1)(c1ccccc1)c1ccccc1.CCCC[N+](CCCC)(CCCC)CCCC. The second-order valence-electron chi connectivity index (χ2n) is 15.5. The van der Waals surface area contributed by atoms with E-state index in [0.29, 0.717) is 0 Å². The molecule has 3 heteroatoms. The van der Waals surface area contributed by atoms with Crippen LogP contribution in [-0.2, 0) is 0 Å². The van der Waals surface area contributed by atoms with Crippen molar-refractivity contribution in [3.8, 4) is 0 Å². The summed E-state index contributed by atoms with van der Waals surface area (Å²) >= 11 is 0. The molecule has 3 rings (SSSR count). The van der Waals surface area contributed by atoms with Gasteiger partial charge in [-0.05, 0) is 25.7 Å². The smallest absolute Gasteiger partial charge is 0.0786 e. The Morgan fingerprint density at radius 2 is 0.612 bits per heavy atom. The highest BCUT2D eigenvalue weighted by atomic mass is 28.3. The molecule has 0 radical (unpaired) electrons. The van der Waals surface area contributed by atoms with E-state index in [1.807, 2.05) is 0 Å². The molecule has 3 aromatic carbocycles. The van der Waals surface area contributed by atoms with Crippen molar-refractivity contribution in [3.05, 3.63) is 91.0 Å². The Labute approximate surface area is 307 Å². The van der Waals surface area contributed by atoms with Crippen molar-refractivity contribution in [2.24, 2.45) is 0 Å². The van der Waals surface area contributed by atoms with Crippen molar-refractivity contribution in [1.29, 1.82) is 0 Å². The zero-order valence-electron chi connectivity index (χ0n) is 33.5. The summed E-state index contributed by atoms with van der Waals surface area (Å²) in [6.07, 6.45) is 23.1. The summed E-state index contributed by atoms with van der Waals surface area (Å²) < 4.78 is 1.42. The largest absolute Gasteiger partial charge is 0.324 e. The number of unbranched alkanes of at least 4 members (excludes halogenated alkanes) is 7. The van der Waals surface area contributed by atoms with E-state index in [2.05, 4.69) is 139 Å². The van der Waals surface area contributed by atoms with Crippen LogP contribution in [-0.4, -0.2) is 44.3 Å². The van der Waals surface area contributed by atoms with Crippen LogP contribution in [0.2, 0.25) is 19.0 Å². The van der Waals surface area contributed by atoms with Gasteiger partial charge in [0.15, 0.2) is 0 Å². The minimum atomic E-state index is -2.25. The van der Waals surface area contributed by atoms with Gasteiger partial charge in [0.1, 0.15) is 0 Å². The second-order valence-corrected chi connectivity index (χ2v) is 20.0. The van der Waals surface area contributed by atoms with Crippen LogP contribution >= 0.6 is 0 Å². The van der Waals surface area contributed by atoms with Gasteiger partial charge in [0.05, 0.1) is 26.2 Å². The Balaban J connectivity index is 0.000000417. The monoisotopic (exact) mass is 684 g/mol. The van der Waals surface area contributed by atoms with Gasteiger partial charge in [-0.2, -0.15) is 19.0 Å². The summed E-state index contributed by atoms with van der Waals surface area (Å²) in [7, 11) is -2.25. The topological polar surface area (TPSA) is 0 Å². The van der Waals surface area contributed by atoms with Crippen molar-refractivity contribution in [1.82, 2.24) is 0 Å². The highest BCUT2D eigenvalue weighted by Crippen LogP contribution is 2.36. The molecule has 0 spiro atoms. The van der Waals surface area contributed by atoms with Crippen LogP contribution in [0, 0.1) is 0 Å². The van der Waals surface area contributed by atoms with Crippen LogP contribution in [0.15, 0.2) is 91.0 Å². The summed E-state index contributed by atoms with van der Waals surface area (Å²) in [5.41, 5.74) is -0.600. The summed E-state index contributed by atoms with van der Waals surface area (Å²) in [5.74, 6) is 0.